The molecular weight excluding hydrogens is 364 g/mol. The zero-order chi connectivity index (χ0) is 20.1. The summed E-state index contributed by atoms with van der Waals surface area (Å²) in [5.74, 6) is -0.361. The molecule has 28 heavy (non-hydrogen) atoms. The van der Waals surface area contributed by atoms with Crippen LogP contribution in [0.4, 0.5) is 14.5 Å². The number of rotatable bonds is 6. The van der Waals surface area contributed by atoms with Crippen molar-refractivity contribution in [3.8, 4) is 5.75 Å². The summed E-state index contributed by atoms with van der Waals surface area (Å²) in [6, 6.07) is 11.4. The Bertz CT molecular complexity index is 806. The minimum Gasteiger partial charge on any atom is -0.497 e. The van der Waals surface area contributed by atoms with Crippen LogP contribution in [-0.4, -0.2) is 62.6 Å². The molecule has 3 rings (SSSR count). The van der Waals surface area contributed by atoms with Gasteiger partial charge in [-0.3, -0.25) is 9.69 Å². The van der Waals surface area contributed by atoms with E-state index in [-0.39, 0.29) is 19.0 Å². The molecule has 1 amide bonds. The van der Waals surface area contributed by atoms with Crippen molar-refractivity contribution >= 4 is 11.6 Å². The van der Waals surface area contributed by atoms with Gasteiger partial charge in [-0.2, -0.15) is 0 Å². The molecule has 0 N–H and O–H groups in total. The van der Waals surface area contributed by atoms with Crippen LogP contribution in [0, 0.1) is 11.6 Å². The minimum atomic E-state index is -0.602. The summed E-state index contributed by atoms with van der Waals surface area (Å²) < 4.78 is 32.0. The Kier molecular flexibility index (Phi) is 6.46. The van der Waals surface area contributed by atoms with Gasteiger partial charge in [0, 0.05) is 50.0 Å². The monoisotopic (exact) mass is 389 g/mol. The SMILES string of the molecule is COc1ccc(N2CCN(C(=O)CN(C)Cc3ccc(F)cc3F)CC2)cc1. The van der Waals surface area contributed by atoms with Crippen molar-refractivity contribution in [3.05, 3.63) is 59.7 Å². The number of piperazine rings is 1. The molecule has 0 spiro atoms. The van der Waals surface area contributed by atoms with E-state index in [2.05, 4.69) is 4.90 Å². The van der Waals surface area contributed by atoms with Gasteiger partial charge < -0.3 is 14.5 Å². The Labute approximate surface area is 164 Å². The first kappa shape index (κ1) is 20.1. The second-order valence-corrected chi connectivity index (χ2v) is 6.97. The highest BCUT2D eigenvalue weighted by molar-refractivity contribution is 5.78. The number of ether oxygens (including phenoxy) is 1. The predicted molar refractivity (Wildman–Crippen MR) is 104 cm³/mol. The van der Waals surface area contributed by atoms with Gasteiger partial charge >= 0.3 is 0 Å². The smallest absolute Gasteiger partial charge is 0.236 e. The highest BCUT2D eigenvalue weighted by Gasteiger charge is 2.22. The van der Waals surface area contributed by atoms with Crippen molar-refractivity contribution in [3.63, 3.8) is 0 Å². The number of carbonyl (C=O) groups is 1. The maximum absolute atomic E-state index is 13.8. The number of benzene rings is 2. The average molecular weight is 389 g/mol. The predicted octanol–water partition coefficient (Wildman–Crippen LogP) is 2.75. The first-order chi connectivity index (χ1) is 13.5. The van der Waals surface area contributed by atoms with Gasteiger partial charge in [-0.15, -0.1) is 0 Å². The normalized spacial score (nSPS) is 14.5. The van der Waals surface area contributed by atoms with Crippen LogP contribution in [0.1, 0.15) is 5.56 Å². The van der Waals surface area contributed by atoms with Crippen molar-refractivity contribution in [1.29, 1.82) is 0 Å². The summed E-state index contributed by atoms with van der Waals surface area (Å²) in [6.07, 6.45) is 0. The number of hydrogen-bond acceptors (Lipinski definition) is 4. The largest absolute Gasteiger partial charge is 0.497 e. The summed E-state index contributed by atoms with van der Waals surface area (Å²) in [6.45, 7) is 3.25. The molecule has 5 nitrogen and oxygen atoms in total. The zero-order valence-electron chi connectivity index (χ0n) is 16.2. The van der Waals surface area contributed by atoms with E-state index in [1.54, 1.807) is 19.1 Å². The summed E-state index contributed by atoms with van der Waals surface area (Å²) in [4.78, 5) is 18.4. The molecule has 2 aromatic rings. The number of anilines is 1. The Balaban J connectivity index is 1.49. The molecule has 0 aromatic heterocycles. The fourth-order valence-corrected chi connectivity index (χ4v) is 3.33. The van der Waals surface area contributed by atoms with Crippen molar-refractivity contribution in [1.82, 2.24) is 9.80 Å². The van der Waals surface area contributed by atoms with Gasteiger partial charge in [0.2, 0.25) is 5.91 Å². The maximum atomic E-state index is 13.8. The highest BCUT2D eigenvalue weighted by Crippen LogP contribution is 2.20. The molecule has 1 fully saturated rings. The van der Waals surface area contributed by atoms with E-state index in [1.165, 1.54) is 12.1 Å². The first-order valence-electron chi connectivity index (χ1n) is 9.25. The molecule has 0 atom stereocenters. The van der Waals surface area contributed by atoms with Gasteiger partial charge in [-0.1, -0.05) is 6.07 Å². The van der Waals surface area contributed by atoms with Crippen LogP contribution in [0.25, 0.3) is 0 Å². The Morgan fingerprint density at radius 3 is 2.36 bits per heavy atom. The van der Waals surface area contributed by atoms with Gasteiger partial charge in [0.1, 0.15) is 17.4 Å². The average Bonchev–Trinajstić information content (AvgIpc) is 2.70. The second kappa shape index (κ2) is 9.01. The Morgan fingerprint density at radius 1 is 1.07 bits per heavy atom. The summed E-state index contributed by atoms with van der Waals surface area (Å²) in [7, 11) is 3.40. The number of methoxy groups -OCH3 is 1. The van der Waals surface area contributed by atoms with Gasteiger partial charge in [0.05, 0.1) is 13.7 Å². The van der Waals surface area contributed by atoms with Crippen LogP contribution in [0.2, 0.25) is 0 Å². The molecule has 0 saturated carbocycles. The molecule has 1 aliphatic rings. The second-order valence-electron chi connectivity index (χ2n) is 6.97. The molecule has 0 radical (unpaired) electrons. The fraction of sp³-hybridized carbons (Fsp3) is 0.381. The summed E-state index contributed by atoms with van der Waals surface area (Å²) in [5.41, 5.74) is 1.48. The van der Waals surface area contributed by atoms with Gasteiger partial charge in [0.25, 0.3) is 0 Å². The Morgan fingerprint density at radius 2 is 1.75 bits per heavy atom. The van der Waals surface area contributed by atoms with E-state index in [0.29, 0.717) is 18.7 Å². The standard InChI is InChI=1S/C21H25F2N3O2/c1-24(14-16-3-4-17(22)13-20(16)23)15-21(27)26-11-9-25(10-12-26)18-5-7-19(28-2)8-6-18/h3-8,13H,9-12,14-15H2,1-2H3. The lowest BCUT2D eigenvalue weighted by molar-refractivity contribution is -0.132. The lowest BCUT2D eigenvalue weighted by Crippen LogP contribution is -2.51. The van der Waals surface area contributed by atoms with E-state index in [4.69, 9.17) is 4.74 Å². The number of likely N-dealkylation sites (N-methyl/N-ethyl adjacent to an activating group) is 1. The third-order valence-electron chi connectivity index (χ3n) is 4.93. The van der Waals surface area contributed by atoms with E-state index in [0.717, 1.165) is 30.6 Å². The summed E-state index contributed by atoms with van der Waals surface area (Å²) >= 11 is 0. The van der Waals surface area contributed by atoms with Crippen LogP contribution < -0.4 is 9.64 Å². The van der Waals surface area contributed by atoms with Gasteiger partial charge in [-0.25, -0.2) is 8.78 Å². The van der Waals surface area contributed by atoms with E-state index in [1.807, 2.05) is 29.2 Å². The quantitative estimate of drug-likeness (QED) is 0.761. The molecule has 2 aromatic carbocycles. The number of carbonyl (C=O) groups excluding carboxylic acids is 1. The van der Waals surface area contributed by atoms with E-state index < -0.39 is 11.6 Å². The van der Waals surface area contributed by atoms with Gasteiger partial charge in [0.15, 0.2) is 0 Å². The maximum Gasteiger partial charge on any atom is 0.236 e. The lowest BCUT2D eigenvalue weighted by atomic mass is 10.2. The molecule has 1 heterocycles. The Hall–Kier alpha value is -2.67. The van der Waals surface area contributed by atoms with E-state index >= 15 is 0 Å². The molecule has 1 aliphatic heterocycles. The first-order valence-corrected chi connectivity index (χ1v) is 9.25. The third kappa shape index (κ3) is 4.98. The molecule has 0 aliphatic carbocycles. The topological polar surface area (TPSA) is 36.0 Å². The van der Waals surface area contributed by atoms with Crippen LogP contribution in [0.3, 0.4) is 0 Å². The molecule has 7 heteroatoms. The highest BCUT2D eigenvalue weighted by atomic mass is 19.1. The third-order valence-corrected chi connectivity index (χ3v) is 4.93. The minimum absolute atomic E-state index is 0.0133. The van der Waals surface area contributed by atoms with Crippen molar-refractivity contribution in [2.75, 3.05) is 51.8 Å². The van der Waals surface area contributed by atoms with Crippen molar-refractivity contribution in [2.24, 2.45) is 0 Å². The molecule has 150 valence electrons. The van der Waals surface area contributed by atoms with E-state index in [9.17, 15) is 13.6 Å². The fourth-order valence-electron chi connectivity index (χ4n) is 3.33. The molecule has 0 bridgehead atoms. The van der Waals surface area contributed by atoms with Crippen molar-refractivity contribution in [2.45, 2.75) is 6.54 Å². The molecule has 0 unspecified atom stereocenters. The van der Waals surface area contributed by atoms with Crippen LogP contribution >= 0.6 is 0 Å². The number of halogens is 2. The lowest BCUT2D eigenvalue weighted by Gasteiger charge is -2.36. The zero-order valence-corrected chi connectivity index (χ0v) is 16.2. The summed E-state index contributed by atoms with van der Waals surface area (Å²) in [5, 5.41) is 0. The van der Waals surface area contributed by atoms with Crippen LogP contribution in [0.15, 0.2) is 42.5 Å². The number of nitrogens with zero attached hydrogens (tertiary/aromatic N) is 3. The van der Waals surface area contributed by atoms with Crippen LogP contribution in [-0.2, 0) is 11.3 Å². The van der Waals surface area contributed by atoms with Gasteiger partial charge in [-0.05, 0) is 37.4 Å². The van der Waals surface area contributed by atoms with Crippen molar-refractivity contribution < 1.29 is 18.3 Å². The number of amides is 1. The molecular formula is C21H25F2N3O2. The number of hydrogen-bond donors (Lipinski definition) is 0. The molecule has 1 saturated heterocycles. The van der Waals surface area contributed by atoms with Crippen LogP contribution in [0.5, 0.6) is 5.75 Å².